The van der Waals surface area contributed by atoms with Crippen LogP contribution in [-0.2, 0) is 0 Å². The van der Waals surface area contributed by atoms with E-state index in [1.165, 1.54) is 7.11 Å². The van der Waals surface area contributed by atoms with E-state index in [0.717, 1.165) is 11.1 Å². The van der Waals surface area contributed by atoms with Crippen molar-refractivity contribution in [1.82, 2.24) is 5.43 Å². The highest BCUT2D eigenvalue weighted by atomic mass is 19.4. The number of benzene rings is 1. The molecule has 0 bridgehead atoms. The molecular weight excluding hydrogens is 257 g/mol. The molecule has 1 aromatic carbocycles. The molecule has 0 aliphatic rings. The molecule has 3 nitrogen and oxygen atoms in total. The molecule has 3 N–H and O–H groups in total. The Bertz CT molecular complexity index is 433. The minimum absolute atomic E-state index is 0.126. The lowest BCUT2D eigenvalue weighted by atomic mass is 9.96. The molecule has 0 spiro atoms. The third kappa shape index (κ3) is 4.11. The van der Waals surface area contributed by atoms with Gasteiger partial charge < -0.3 is 4.74 Å². The SMILES string of the molecule is COc1c(C(CCC(F)(F)F)NN)ccc(C)c1C. The van der Waals surface area contributed by atoms with E-state index >= 15 is 0 Å². The van der Waals surface area contributed by atoms with Crippen LogP contribution in [-0.4, -0.2) is 13.3 Å². The van der Waals surface area contributed by atoms with Crippen LogP contribution in [0.2, 0.25) is 0 Å². The van der Waals surface area contributed by atoms with Gasteiger partial charge in [0.1, 0.15) is 5.75 Å². The van der Waals surface area contributed by atoms with E-state index in [1.54, 1.807) is 6.07 Å². The summed E-state index contributed by atoms with van der Waals surface area (Å²) in [6.07, 6.45) is -5.21. The zero-order valence-corrected chi connectivity index (χ0v) is 11.3. The topological polar surface area (TPSA) is 47.3 Å². The van der Waals surface area contributed by atoms with Crippen LogP contribution in [0.25, 0.3) is 0 Å². The summed E-state index contributed by atoms with van der Waals surface area (Å²) in [4.78, 5) is 0. The van der Waals surface area contributed by atoms with Crippen molar-refractivity contribution in [3.05, 3.63) is 28.8 Å². The monoisotopic (exact) mass is 276 g/mol. The molecule has 0 aliphatic carbocycles. The minimum Gasteiger partial charge on any atom is -0.496 e. The van der Waals surface area contributed by atoms with Crippen molar-refractivity contribution in [3.8, 4) is 5.75 Å². The van der Waals surface area contributed by atoms with Gasteiger partial charge >= 0.3 is 6.18 Å². The van der Waals surface area contributed by atoms with Crippen LogP contribution in [0.1, 0.15) is 35.6 Å². The summed E-state index contributed by atoms with van der Waals surface area (Å²) < 4.78 is 42.2. The standard InChI is InChI=1S/C13H19F3N2O/c1-8-4-5-10(12(19-3)9(8)2)11(18-17)6-7-13(14,15)16/h4-5,11,18H,6-7,17H2,1-3H3. The first-order chi connectivity index (χ1) is 8.80. The average Bonchev–Trinajstić information content (AvgIpc) is 2.33. The molecule has 108 valence electrons. The number of hydrogen-bond donors (Lipinski definition) is 2. The number of ether oxygens (including phenoxy) is 1. The van der Waals surface area contributed by atoms with Crippen LogP contribution in [0.5, 0.6) is 5.75 Å². The van der Waals surface area contributed by atoms with Gasteiger partial charge in [-0.3, -0.25) is 11.3 Å². The molecule has 1 unspecified atom stereocenters. The largest absolute Gasteiger partial charge is 0.496 e. The van der Waals surface area contributed by atoms with Crippen molar-refractivity contribution >= 4 is 0 Å². The molecule has 1 atom stereocenters. The fraction of sp³-hybridized carbons (Fsp3) is 0.538. The van der Waals surface area contributed by atoms with Crippen molar-refractivity contribution in [2.75, 3.05) is 7.11 Å². The Morgan fingerprint density at radius 2 is 1.95 bits per heavy atom. The van der Waals surface area contributed by atoms with Gasteiger partial charge in [-0.1, -0.05) is 12.1 Å². The van der Waals surface area contributed by atoms with Crippen LogP contribution >= 0.6 is 0 Å². The van der Waals surface area contributed by atoms with Crippen LogP contribution in [0.15, 0.2) is 12.1 Å². The zero-order chi connectivity index (χ0) is 14.6. The van der Waals surface area contributed by atoms with Gasteiger partial charge in [-0.15, -0.1) is 0 Å². The molecule has 1 aromatic rings. The summed E-state index contributed by atoms with van der Waals surface area (Å²) >= 11 is 0. The first-order valence-electron chi connectivity index (χ1n) is 5.97. The van der Waals surface area contributed by atoms with E-state index in [1.807, 2.05) is 19.9 Å². The van der Waals surface area contributed by atoms with Crippen molar-refractivity contribution in [2.45, 2.75) is 38.9 Å². The predicted octanol–water partition coefficient (Wildman–Crippen LogP) is 3.16. The summed E-state index contributed by atoms with van der Waals surface area (Å²) in [5.41, 5.74) is 5.01. The maximum absolute atomic E-state index is 12.3. The summed E-state index contributed by atoms with van der Waals surface area (Å²) in [5, 5.41) is 0. The molecule has 1 rings (SSSR count). The molecule has 0 fully saturated rings. The van der Waals surface area contributed by atoms with Crippen molar-refractivity contribution in [1.29, 1.82) is 0 Å². The van der Waals surface area contributed by atoms with E-state index in [0.29, 0.717) is 11.3 Å². The van der Waals surface area contributed by atoms with Crippen molar-refractivity contribution in [3.63, 3.8) is 0 Å². The summed E-state index contributed by atoms with van der Waals surface area (Å²) in [7, 11) is 1.50. The second kappa shape index (κ2) is 6.25. The molecule has 0 saturated heterocycles. The molecule has 0 radical (unpaired) electrons. The molecule has 0 saturated carbocycles. The molecule has 6 heteroatoms. The second-order valence-electron chi connectivity index (χ2n) is 4.50. The summed E-state index contributed by atoms with van der Waals surface area (Å²) in [6, 6.07) is 3.02. The van der Waals surface area contributed by atoms with Crippen LogP contribution < -0.4 is 16.0 Å². The Kier molecular flexibility index (Phi) is 5.20. The van der Waals surface area contributed by atoms with Gasteiger partial charge in [0.2, 0.25) is 0 Å². The van der Waals surface area contributed by atoms with Gasteiger partial charge in [0, 0.05) is 18.0 Å². The van der Waals surface area contributed by atoms with E-state index < -0.39 is 18.6 Å². The normalized spacial score (nSPS) is 13.4. The van der Waals surface area contributed by atoms with Crippen molar-refractivity contribution < 1.29 is 17.9 Å². The molecular formula is C13H19F3N2O. The highest BCUT2D eigenvalue weighted by Crippen LogP contribution is 2.34. The van der Waals surface area contributed by atoms with Gasteiger partial charge in [0.15, 0.2) is 0 Å². The lowest BCUT2D eigenvalue weighted by molar-refractivity contribution is -0.136. The lowest BCUT2D eigenvalue weighted by Gasteiger charge is -2.21. The van der Waals surface area contributed by atoms with E-state index in [2.05, 4.69) is 5.43 Å². The highest BCUT2D eigenvalue weighted by molar-refractivity contribution is 5.46. The van der Waals surface area contributed by atoms with Gasteiger partial charge in [0.25, 0.3) is 0 Å². The summed E-state index contributed by atoms with van der Waals surface area (Å²) in [6.45, 7) is 3.79. The Hall–Kier alpha value is -1.27. The van der Waals surface area contributed by atoms with E-state index in [4.69, 9.17) is 10.6 Å². The quantitative estimate of drug-likeness (QED) is 0.641. The first-order valence-corrected chi connectivity index (χ1v) is 5.97. The number of methoxy groups -OCH3 is 1. The Balaban J connectivity index is 3.01. The molecule has 0 amide bonds. The van der Waals surface area contributed by atoms with Crippen molar-refractivity contribution in [2.24, 2.45) is 5.84 Å². The Labute approximate surface area is 110 Å². The van der Waals surface area contributed by atoms with Gasteiger partial charge in [-0.2, -0.15) is 13.2 Å². The fourth-order valence-corrected chi connectivity index (χ4v) is 1.99. The molecule has 19 heavy (non-hydrogen) atoms. The number of halogens is 3. The number of nitrogens with one attached hydrogen (secondary N) is 1. The zero-order valence-electron chi connectivity index (χ0n) is 11.3. The highest BCUT2D eigenvalue weighted by Gasteiger charge is 2.29. The number of aryl methyl sites for hydroxylation is 1. The number of nitrogens with two attached hydrogens (primary N) is 1. The average molecular weight is 276 g/mol. The van der Waals surface area contributed by atoms with E-state index in [-0.39, 0.29) is 6.42 Å². The molecule has 0 aromatic heterocycles. The predicted molar refractivity (Wildman–Crippen MR) is 67.8 cm³/mol. The van der Waals surface area contributed by atoms with Crippen LogP contribution in [0.3, 0.4) is 0 Å². The van der Waals surface area contributed by atoms with Crippen LogP contribution in [0.4, 0.5) is 13.2 Å². The van der Waals surface area contributed by atoms with Gasteiger partial charge in [0.05, 0.1) is 7.11 Å². The van der Waals surface area contributed by atoms with Gasteiger partial charge in [-0.05, 0) is 31.4 Å². The third-order valence-corrected chi connectivity index (χ3v) is 3.20. The molecule has 0 aliphatic heterocycles. The maximum atomic E-state index is 12.3. The number of rotatable bonds is 5. The lowest BCUT2D eigenvalue weighted by Crippen LogP contribution is -2.29. The third-order valence-electron chi connectivity index (χ3n) is 3.20. The minimum atomic E-state index is -4.19. The Morgan fingerprint density at radius 3 is 2.42 bits per heavy atom. The fourth-order valence-electron chi connectivity index (χ4n) is 1.99. The second-order valence-corrected chi connectivity index (χ2v) is 4.50. The smallest absolute Gasteiger partial charge is 0.389 e. The molecule has 0 heterocycles. The first kappa shape index (κ1) is 15.8. The van der Waals surface area contributed by atoms with Gasteiger partial charge in [-0.25, -0.2) is 0 Å². The summed E-state index contributed by atoms with van der Waals surface area (Å²) in [5.74, 6) is 5.96. The Morgan fingerprint density at radius 1 is 1.32 bits per heavy atom. The number of hydrazine groups is 1. The maximum Gasteiger partial charge on any atom is 0.389 e. The number of alkyl halides is 3. The van der Waals surface area contributed by atoms with Crippen LogP contribution in [0, 0.1) is 13.8 Å². The van der Waals surface area contributed by atoms with E-state index in [9.17, 15) is 13.2 Å². The number of hydrogen-bond acceptors (Lipinski definition) is 3.